The molecule has 0 aliphatic heterocycles. The predicted molar refractivity (Wildman–Crippen MR) is 122 cm³/mol. The van der Waals surface area contributed by atoms with Crippen LogP contribution < -0.4 is 10.2 Å². The Morgan fingerprint density at radius 2 is 2.07 bits per heavy atom. The molecule has 1 amide bonds. The number of fused-ring (bicyclic) bond motifs is 3. The highest BCUT2D eigenvalue weighted by atomic mass is 35.5. The van der Waals surface area contributed by atoms with Gasteiger partial charge in [0.1, 0.15) is 0 Å². The largest absolute Gasteiger partial charge is 0.491 e. The number of amides is 1. The summed E-state index contributed by atoms with van der Waals surface area (Å²) in [7, 11) is 0. The summed E-state index contributed by atoms with van der Waals surface area (Å²) in [6, 6.07) is 9.09. The number of hydrogen-bond acceptors (Lipinski definition) is 3. The van der Waals surface area contributed by atoms with Gasteiger partial charge in [0.05, 0.1) is 22.9 Å². The Balaban J connectivity index is 1.50. The maximum Gasteiger partial charge on any atom is 0.271 e. The number of nitrogens with zero attached hydrogens (tertiary/aromatic N) is 1. The van der Waals surface area contributed by atoms with Crippen LogP contribution in [-0.2, 0) is 12.8 Å². The summed E-state index contributed by atoms with van der Waals surface area (Å²) in [5.41, 5.74) is 7.52. The van der Waals surface area contributed by atoms with Crippen molar-refractivity contribution in [2.45, 2.75) is 33.1 Å². The van der Waals surface area contributed by atoms with E-state index in [4.69, 9.17) is 27.9 Å². The Bertz CT molecular complexity index is 1110. The summed E-state index contributed by atoms with van der Waals surface area (Å²) in [5, 5.41) is 5.97. The van der Waals surface area contributed by atoms with Gasteiger partial charge in [-0.05, 0) is 73.6 Å². The molecule has 0 radical (unpaired) electrons. The quantitative estimate of drug-likeness (QED) is 0.388. The van der Waals surface area contributed by atoms with Crippen LogP contribution in [0.5, 0.6) is 5.75 Å². The topological polar surface area (TPSA) is 66.5 Å². The van der Waals surface area contributed by atoms with E-state index in [2.05, 4.69) is 22.4 Å². The maximum absolute atomic E-state index is 12.6. The van der Waals surface area contributed by atoms with Crippen LogP contribution in [0.15, 0.2) is 35.4 Å². The number of carbonyl (C=O) groups is 1. The summed E-state index contributed by atoms with van der Waals surface area (Å²) in [4.78, 5) is 16.1. The standard InChI is InChI=1S/C23H23Cl2N3O2/c1-3-30-22-18(24)9-14(10-19(22)25)12-26-28-23(29)15-5-7-21-17(11-15)16-8-13(2)4-6-20(16)27-21/h5,7,9-13,27H,3-4,6,8H2,1-2H3,(H,28,29)/b26-12-. The van der Waals surface area contributed by atoms with Gasteiger partial charge in [-0.25, -0.2) is 5.43 Å². The van der Waals surface area contributed by atoms with Crippen molar-refractivity contribution in [3.63, 3.8) is 0 Å². The SMILES string of the molecule is CCOc1c(Cl)cc(/C=N\NC(=O)c2ccc3[nH]c4c(c3c2)CC(C)CC4)cc1Cl. The third-order valence-electron chi connectivity index (χ3n) is 5.39. The highest BCUT2D eigenvalue weighted by Gasteiger charge is 2.20. The fourth-order valence-electron chi connectivity index (χ4n) is 3.90. The van der Waals surface area contributed by atoms with Crippen molar-refractivity contribution in [2.24, 2.45) is 11.0 Å². The summed E-state index contributed by atoms with van der Waals surface area (Å²) in [6.07, 6.45) is 4.80. The van der Waals surface area contributed by atoms with Gasteiger partial charge in [-0.1, -0.05) is 30.1 Å². The zero-order valence-electron chi connectivity index (χ0n) is 16.9. The highest BCUT2D eigenvalue weighted by Crippen LogP contribution is 2.34. The van der Waals surface area contributed by atoms with Crippen LogP contribution in [0.25, 0.3) is 10.9 Å². The first kappa shape index (κ1) is 20.8. The zero-order valence-corrected chi connectivity index (χ0v) is 18.4. The van der Waals surface area contributed by atoms with Crippen LogP contribution in [0.2, 0.25) is 10.0 Å². The third-order valence-corrected chi connectivity index (χ3v) is 5.95. The van der Waals surface area contributed by atoms with Crippen molar-refractivity contribution in [1.29, 1.82) is 0 Å². The molecule has 156 valence electrons. The molecule has 0 saturated carbocycles. The lowest BCUT2D eigenvalue weighted by atomic mass is 9.87. The van der Waals surface area contributed by atoms with Crippen molar-refractivity contribution in [2.75, 3.05) is 6.61 Å². The Kier molecular flexibility index (Phi) is 6.02. The summed E-state index contributed by atoms with van der Waals surface area (Å²) < 4.78 is 5.42. The van der Waals surface area contributed by atoms with Crippen LogP contribution in [-0.4, -0.2) is 23.7 Å². The molecule has 0 spiro atoms. The van der Waals surface area contributed by atoms with E-state index in [0.29, 0.717) is 39.4 Å². The van der Waals surface area contributed by atoms with E-state index in [0.717, 1.165) is 23.7 Å². The van der Waals surface area contributed by atoms with Gasteiger partial charge >= 0.3 is 0 Å². The number of H-pyrrole nitrogens is 1. The van der Waals surface area contributed by atoms with Crippen molar-refractivity contribution in [3.8, 4) is 5.75 Å². The van der Waals surface area contributed by atoms with Crippen molar-refractivity contribution >= 4 is 46.2 Å². The molecule has 1 unspecified atom stereocenters. The van der Waals surface area contributed by atoms with E-state index in [1.165, 1.54) is 23.9 Å². The highest BCUT2D eigenvalue weighted by molar-refractivity contribution is 6.37. The number of rotatable bonds is 5. The minimum Gasteiger partial charge on any atom is -0.491 e. The summed E-state index contributed by atoms with van der Waals surface area (Å²) in [6.45, 7) is 4.60. The van der Waals surface area contributed by atoms with E-state index in [-0.39, 0.29) is 5.91 Å². The fraction of sp³-hybridized carbons (Fsp3) is 0.304. The zero-order chi connectivity index (χ0) is 21.3. The number of carbonyl (C=O) groups excluding carboxylic acids is 1. The second-order valence-electron chi connectivity index (χ2n) is 7.64. The molecule has 4 rings (SSSR count). The van der Waals surface area contributed by atoms with E-state index in [9.17, 15) is 4.79 Å². The molecule has 30 heavy (non-hydrogen) atoms. The van der Waals surface area contributed by atoms with Gasteiger partial charge in [-0.2, -0.15) is 5.10 Å². The number of aromatic nitrogens is 1. The lowest BCUT2D eigenvalue weighted by molar-refractivity contribution is 0.0955. The Labute approximate surface area is 185 Å². The minimum absolute atomic E-state index is 0.268. The van der Waals surface area contributed by atoms with Gasteiger partial charge in [0.25, 0.3) is 5.91 Å². The number of hydrogen-bond donors (Lipinski definition) is 2. The van der Waals surface area contributed by atoms with E-state index >= 15 is 0 Å². The first-order valence-electron chi connectivity index (χ1n) is 10.0. The number of nitrogens with one attached hydrogen (secondary N) is 2. The average Bonchev–Trinajstić information content (AvgIpc) is 3.07. The summed E-state index contributed by atoms with van der Waals surface area (Å²) in [5.74, 6) is 0.834. The lowest BCUT2D eigenvalue weighted by Crippen LogP contribution is -2.17. The molecule has 2 N–H and O–H groups in total. The fourth-order valence-corrected chi connectivity index (χ4v) is 4.51. The molecular weight excluding hydrogens is 421 g/mol. The number of benzene rings is 2. The van der Waals surface area contributed by atoms with Crippen LogP contribution in [0.1, 0.15) is 47.4 Å². The minimum atomic E-state index is -0.268. The Hall–Kier alpha value is -2.50. The number of aromatic amines is 1. The number of hydrazone groups is 1. The molecule has 2 aromatic carbocycles. The first-order chi connectivity index (χ1) is 14.5. The average molecular weight is 444 g/mol. The van der Waals surface area contributed by atoms with Crippen LogP contribution in [0.4, 0.5) is 0 Å². The molecule has 0 fully saturated rings. The van der Waals surface area contributed by atoms with Gasteiger partial charge in [-0.3, -0.25) is 4.79 Å². The molecule has 1 aliphatic rings. The molecule has 1 atom stereocenters. The normalized spacial score (nSPS) is 16.1. The van der Waals surface area contributed by atoms with E-state index < -0.39 is 0 Å². The number of aryl methyl sites for hydroxylation is 1. The summed E-state index contributed by atoms with van der Waals surface area (Å²) >= 11 is 12.4. The van der Waals surface area contributed by atoms with Gasteiger partial charge in [0, 0.05) is 22.2 Å². The number of ether oxygens (including phenoxy) is 1. The molecule has 0 saturated heterocycles. The first-order valence-corrected chi connectivity index (χ1v) is 10.8. The van der Waals surface area contributed by atoms with Gasteiger partial charge in [-0.15, -0.1) is 0 Å². The van der Waals surface area contributed by atoms with Crippen molar-refractivity contribution in [3.05, 3.63) is 62.8 Å². The Morgan fingerprint density at radius 3 is 2.80 bits per heavy atom. The molecule has 3 aromatic rings. The molecule has 1 aromatic heterocycles. The second kappa shape index (κ2) is 8.70. The van der Waals surface area contributed by atoms with Crippen LogP contribution in [0.3, 0.4) is 0 Å². The maximum atomic E-state index is 12.6. The second-order valence-corrected chi connectivity index (χ2v) is 8.45. The van der Waals surface area contributed by atoms with Gasteiger partial charge in [0.15, 0.2) is 5.75 Å². The van der Waals surface area contributed by atoms with Crippen molar-refractivity contribution in [1.82, 2.24) is 10.4 Å². The van der Waals surface area contributed by atoms with Crippen LogP contribution in [0, 0.1) is 5.92 Å². The number of halogens is 2. The molecule has 1 heterocycles. The Morgan fingerprint density at radius 1 is 1.30 bits per heavy atom. The molecule has 0 bridgehead atoms. The third kappa shape index (κ3) is 4.18. The van der Waals surface area contributed by atoms with Gasteiger partial charge < -0.3 is 9.72 Å². The predicted octanol–water partition coefficient (Wildman–Crippen LogP) is 5.76. The molecule has 7 heteroatoms. The van der Waals surface area contributed by atoms with Crippen LogP contribution >= 0.6 is 23.2 Å². The lowest BCUT2D eigenvalue weighted by Gasteiger charge is -2.18. The molecule has 5 nitrogen and oxygen atoms in total. The molecule has 1 aliphatic carbocycles. The van der Waals surface area contributed by atoms with E-state index in [1.54, 1.807) is 12.1 Å². The monoisotopic (exact) mass is 443 g/mol. The van der Waals surface area contributed by atoms with Gasteiger partial charge in [0.2, 0.25) is 0 Å². The van der Waals surface area contributed by atoms with E-state index in [1.807, 2.05) is 25.1 Å². The smallest absolute Gasteiger partial charge is 0.271 e. The van der Waals surface area contributed by atoms with Crippen molar-refractivity contribution < 1.29 is 9.53 Å². The molecular formula is C23H23Cl2N3O2.